The van der Waals surface area contributed by atoms with E-state index in [1.54, 1.807) is 7.11 Å². The third kappa shape index (κ3) is 6.09. The first kappa shape index (κ1) is 27.7. The van der Waals surface area contributed by atoms with E-state index in [4.69, 9.17) is 4.74 Å². The molecule has 0 aliphatic carbocycles. The molecule has 1 amide bonds. The van der Waals surface area contributed by atoms with Crippen LogP contribution in [-0.4, -0.2) is 42.8 Å². The smallest absolute Gasteiger partial charge is 0.208 e. The first-order chi connectivity index (χ1) is 17.0. The Hall–Kier alpha value is -2.86. The third-order valence-electron chi connectivity index (χ3n) is 7.69. The minimum atomic E-state index is -0.864. The summed E-state index contributed by atoms with van der Waals surface area (Å²) < 4.78 is 5.25. The van der Waals surface area contributed by atoms with Gasteiger partial charge in [0.05, 0.1) is 18.9 Å². The molecule has 0 radical (unpaired) electrons. The molecule has 0 saturated carbocycles. The monoisotopic (exact) mass is 508 g/mol. The topological polar surface area (TPSA) is 61.8 Å². The Kier molecular flexibility index (Phi) is 9.55. The van der Waals surface area contributed by atoms with Crippen LogP contribution in [0.4, 0.5) is 0 Å². The molecule has 4 rings (SSSR count). The van der Waals surface area contributed by atoms with Gasteiger partial charge >= 0.3 is 0 Å². The van der Waals surface area contributed by atoms with E-state index in [0.717, 1.165) is 30.6 Å². The zero-order chi connectivity index (χ0) is 24.7. The van der Waals surface area contributed by atoms with Crippen molar-refractivity contribution >= 4 is 18.8 Å². The molecule has 3 aromatic carbocycles. The summed E-state index contributed by atoms with van der Waals surface area (Å²) in [5, 5.41) is 14.4. The van der Waals surface area contributed by atoms with Crippen LogP contribution in [0.2, 0.25) is 0 Å². The van der Waals surface area contributed by atoms with Crippen LogP contribution in [0.3, 0.4) is 0 Å². The molecule has 6 heteroatoms. The van der Waals surface area contributed by atoms with Gasteiger partial charge in [0, 0.05) is 18.5 Å². The van der Waals surface area contributed by atoms with E-state index in [-0.39, 0.29) is 24.0 Å². The SMILES string of the molecule is COc1ccc(C2(O)CCN(C(CCC(C)(c3ccccc3)c3ccccc3)NC=O)CC2)cc1.Cl. The van der Waals surface area contributed by atoms with Crippen molar-refractivity contribution in [3.05, 3.63) is 102 Å². The van der Waals surface area contributed by atoms with Gasteiger partial charge in [0.2, 0.25) is 6.41 Å². The number of hydrogen-bond acceptors (Lipinski definition) is 4. The fraction of sp³-hybridized carbons (Fsp3) is 0.367. The predicted octanol–water partition coefficient (Wildman–Crippen LogP) is 5.26. The summed E-state index contributed by atoms with van der Waals surface area (Å²) in [6.07, 6.45) is 3.64. The number of methoxy groups -OCH3 is 1. The van der Waals surface area contributed by atoms with E-state index >= 15 is 0 Å². The largest absolute Gasteiger partial charge is 0.497 e. The highest BCUT2D eigenvalue weighted by molar-refractivity contribution is 5.85. The maximum atomic E-state index is 11.5. The van der Waals surface area contributed by atoms with Crippen LogP contribution in [0.25, 0.3) is 0 Å². The normalized spacial score (nSPS) is 16.4. The Morgan fingerprint density at radius 2 is 1.50 bits per heavy atom. The Balaban J connectivity index is 0.00000361. The molecule has 0 aromatic heterocycles. The van der Waals surface area contributed by atoms with Crippen molar-refractivity contribution in [2.45, 2.75) is 49.8 Å². The second kappa shape index (κ2) is 12.4. The zero-order valence-electron chi connectivity index (χ0n) is 21.1. The molecule has 1 fully saturated rings. The maximum absolute atomic E-state index is 11.5. The number of benzene rings is 3. The van der Waals surface area contributed by atoms with Crippen molar-refractivity contribution in [3.63, 3.8) is 0 Å². The van der Waals surface area contributed by atoms with Crippen LogP contribution >= 0.6 is 12.4 Å². The second-order valence-corrected chi connectivity index (χ2v) is 9.70. The Morgan fingerprint density at radius 1 is 0.972 bits per heavy atom. The number of amides is 1. The van der Waals surface area contributed by atoms with Gasteiger partial charge in [0.1, 0.15) is 5.75 Å². The average Bonchev–Trinajstić information content (AvgIpc) is 2.92. The number of carbonyl (C=O) groups excluding carboxylic acids is 1. The summed E-state index contributed by atoms with van der Waals surface area (Å²) in [6, 6.07) is 28.9. The highest BCUT2D eigenvalue weighted by atomic mass is 35.5. The van der Waals surface area contributed by atoms with Gasteiger partial charge in [-0.25, -0.2) is 0 Å². The number of halogens is 1. The lowest BCUT2D eigenvalue weighted by Crippen LogP contribution is -2.52. The number of aliphatic hydroxyl groups is 1. The van der Waals surface area contributed by atoms with Gasteiger partial charge in [0.15, 0.2) is 0 Å². The van der Waals surface area contributed by atoms with E-state index in [1.807, 2.05) is 36.4 Å². The minimum absolute atomic E-state index is 0. The van der Waals surface area contributed by atoms with Gasteiger partial charge in [-0.1, -0.05) is 79.7 Å². The fourth-order valence-corrected chi connectivity index (χ4v) is 5.34. The Labute approximate surface area is 220 Å². The van der Waals surface area contributed by atoms with Crippen LogP contribution in [0.5, 0.6) is 5.75 Å². The molecule has 0 spiro atoms. The third-order valence-corrected chi connectivity index (χ3v) is 7.69. The summed E-state index contributed by atoms with van der Waals surface area (Å²) in [4.78, 5) is 13.8. The Morgan fingerprint density at radius 3 is 1.97 bits per heavy atom. The minimum Gasteiger partial charge on any atom is -0.497 e. The van der Waals surface area contributed by atoms with Crippen LogP contribution in [-0.2, 0) is 15.8 Å². The van der Waals surface area contributed by atoms with Gasteiger partial charge < -0.3 is 15.2 Å². The molecular weight excluding hydrogens is 472 g/mol. The van der Waals surface area contributed by atoms with E-state index in [1.165, 1.54) is 11.1 Å². The summed E-state index contributed by atoms with van der Waals surface area (Å²) >= 11 is 0. The lowest BCUT2D eigenvalue weighted by molar-refractivity contribution is -0.112. The first-order valence-electron chi connectivity index (χ1n) is 12.4. The number of nitrogens with zero attached hydrogens (tertiary/aromatic N) is 1. The Bertz CT molecular complexity index is 1030. The number of nitrogens with one attached hydrogen (secondary N) is 1. The number of rotatable bonds is 10. The van der Waals surface area contributed by atoms with Crippen LogP contribution in [0, 0.1) is 0 Å². The first-order valence-corrected chi connectivity index (χ1v) is 12.4. The average molecular weight is 509 g/mol. The van der Waals surface area contributed by atoms with Crippen molar-refractivity contribution in [2.24, 2.45) is 0 Å². The quantitative estimate of drug-likeness (QED) is 0.367. The van der Waals surface area contributed by atoms with Crippen molar-refractivity contribution in [1.82, 2.24) is 10.2 Å². The van der Waals surface area contributed by atoms with E-state index in [0.29, 0.717) is 25.9 Å². The van der Waals surface area contributed by atoms with Gasteiger partial charge in [-0.2, -0.15) is 0 Å². The highest BCUT2D eigenvalue weighted by Crippen LogP contribution is 2.38. The summed E-state index contributed by atoms with van der Waals surface area (Å²) in [5.41, 5.74) is 2.41. The van der Waals surface area contributed by atoms with Crippen molar-refractivity contribution < 1.29 is 14.6 Å². The summed E-state index contributed by atoms with van der Waals surface area (Å²) in [7, 11) is 1.64. The highest BCUT2D eigenvalue weighted by Gasteiger charge is 2.37. The van der Waals surface area contributed by atoms with Crippen molar-refractivity contribution in [3.8, 4) is 5.75 Å². The standard InChI is InChI=1S/C30H36N2O3.ClH/c1-29(24-9-5-3-6-10-24,25-11-7-4-8-12-25)18-17-28(31-23-33)32-21-19-30(34,20-22-32)26-13-15-27(35-2)16-14-26;/h3-16,23,28,34H,17-22H2,1-2H3,(H,31,33);1H. The van der Waals surface area contributed by atoms with Crippen molar-refractivity contribution in [1.29, 1.82) is 0 Å². The van der Waals surface area contributed by atoms with Crippen LogP contribution in [0.15, 0.2) is 84.9 Å². The lowest BCUT2D eigenvalue weighted by Gasteiger charge is -2.42. The molecule has 3 aromatic rings. The molecule has 1 unspecified atom stereocenters. The lowest BCUT2D eigenvalue weighted by atomic mass is 9.72. The molecule has 0 bridgehead atoms. The van der Waals surface area contributed by atoms with E-state index < -0.39 is 5.60 Å². The number of carbonyl (C=O) groups is 1. The molecule has 1 saturated heterocycles. The number of likely N-dealkylation sites (tertiary alicyclic amines) is 1. The molecule has 1 aliphatic rings. The second-order valence-electron chi connectivity index (χ2n) is 9.70. The summed E-state index contributed by atoms with van der Waals surface area (Å²) in [6.45, 7) is 3.71. The van der Waals surface area contributed by atoms with Crippen LogP contribution in [0.1, 0.15) is 49.3 Å². The van der Waals surface area contributed by atoms with Gasteiger partial charge in [-0.15, -0.1) is 12.4 Å². The molecule has 1 atom stereocenters. The van der Waals surface area contributed by atoms with Gasteiger partial charge in [-0.3, -0.25) is 9.69 Å². The van der Waals surface area contributed by atoms with Gasteiger partial charge in [-0.05, 0) is 54.5 Å². The molecule has 1 aliphatic heterocycles. The molecular formula is C30H37ClN2O3. The molecule has 5 nitrogen and oxygen atoms in total. The molecule has 1 heterocycles. The molecule has 36 heavy (non-hydrogen) atoms. The predicted molar refractivity (Wildman–Crippen MR) is 147 cm³/mol. The zero-order valence-corrected chi connectivity index (χ0v) is 21.9. The number of piperidine rings is 1. The molecule has 2 N–H and O–H groups in total. The van der Waals surface area contributed by atoms with Crippen LogP contribution < -0.4 is 10.1 Å². The number of hydrogen-bond donors (Lipinski definition) is 2. The fourth-order valence-electron chi connectivity index (χ4n) is 5.34. The van der Waals surface area contributed by atoms with Crippen molar-refractivity contribution in [2.75, 3.05) is 20.2 Å². The summed E-state index contributed by atoms with van der Waals surface area (Å²) in [5.74, 6) is 0.782. The van der Waals surface area contributed by atoms with E-state index in [2.05, 4.69) is 65.7 Å². The van der Waals surface area contributed by atoms with Gasteiger partial charge in [0.25, 0.3) is 0 Å². The maximum Gasteiger partial charge on any atom is 0.208 e. The number of ether oxygens (including phenoxy) is 1. The molecule has 192 valence electrons. The van der Waals surface area contributed by atoms with E-state index in [9.17, 15) is 9.90 Å².